The fourth-order valence-corrected chi connectivity index (χ4v) is 1.55. The first-order valence-corrected chi connectivity index (χ1v) is 5.67. The molecule has 1 aromatic carbocycles. The maximum atomic E-state index is 9.76. The predicted octanol–water partition coefficient (Wildman–Crippen LogP) is 2.31. The normalized spacial score (nSPS) is 14.4. The van der Waals surface area contributed by atoms with Gasteiger partial charge >= 0.3 is 0 Å². The van der Waals surface area contributed by atoms with Crippen LogP contribution in [-0.2, 0) is 6.42 Å². The van der Waals surface area contributed by atoms with Crippen LogP contribution in [0.1, 0.15) is 25.3 Å². The van der Waals surface area contributed by atoms with Crippen molar-refractivity contribution in [2.24, 2.45) is 0 Å². The number of rotatable bonds is 6. The summed E-state index contributed by atoms with van der Waals surface area (Å²) < 4.78 is 0. The van der Waals surface area contributed by atoms with Gasteiger partial charge in [0.25, 0.3) is 0 Å². The monoisotopic (exact) mass is 220 g/mol. The molecule has 0 aliphatic carbocycles. The first-order valence-electron chi connectivity index (χ1n) is 5.67. The van der Waals surface area contributed by atoms with Crippen molar-refractivity contribution < 1.29 is 10.2 Å². The van der Waals surface area contributed by atoms with E-state index in [9.17, 15) is 10.2 Å². The van der Waals surface area contributed by atoms with Crippen molar-refractivity contribution >= 4 is 0 Å². The Morgan fingerprint density at radius 2 is 1.88 bits per heavy atom. The molecule has 0 unspecified atom stereocenters. The quantitative estimate of drug-likeness (QED) is 0.722. The minimum absolute atomic E-state index is 0.415. The lowest BCUT2D eigenvalue weighted by Gasteiger charge is -2.14. The van der Waals surface area contributed by atoms with Crippen LogP contribution in [0.3, 0.4) is 0 Å². The zero-order valence-electron chi connectivity index (χ0n) is 9.76. The molecule has 0 saturated heterocycles. The SMILES string of the molecule is C=C(C[C@H](O)CCc1ccccc1)[C@@H](C)O. The lowest BCUT2D eigenvalue weighted by Crippen LogP contribution is -2.14. The van der Waals surface area contributed by atoms with Crippen molar-refractivity contribution in [1.29, 1.82) is 0 Å². The van der Waals surface area contributed by atoms with E-state index in [2.05, 4.69) is 18.7 Å². The van der Waals surface area contributed by atoms with Crippen LogP contribution in [0.25, 0.3) is 0 Å². The van der Waals surface area contributed by atoms with Gasteiger partial charge in [0.05, 0.1) is 12.2 Å². The van der Waals surface area contributed by atoms with Gasteiger partial charge < -0.3 is 10.2 Å². The van der Waals surface area contributed by atoms with Crippen LogP contribution in [-0.4, -0.2) is 22.4 Å². The predicted molar refractivity (Wildman–Crippen MR) is 66.2 cm³/mol. The average molecular weight is 220 g/mol. The van der Waals surface area contributed by atoms with E-state index in [1.807, 2.05) is 18.2 Å². The smallest absolute Gasteiger partial charge is 0.0720 e. The van der Waals surface area contributed by atoms with Gasteiger partial charge in [0.2, 0.25) is 0 Å². The molecule has 0 bridgehead atoms. The summed E-state index contributed by atoms with van der Waals surface area (Å²) in [5.41, 5.74) is 1.92. The molecule has 1 aromatic rings. The van der Waals surface area contributed by atoms with E-state index in [-0.39, 0.29) is 0 Å². The van der Waals surface area contributed by atoms with Gasteiger partial charge in [0.1, 0.15) is 0 Å². The van der Waals surface area contributed by atoms with Crippen LogP contribution >= 0.6 is 0 Å². The second-order valence-electron chi connectivity index (χ2n) is 4.22. The van der Waals surface area contributed by atoms with E-state index < -0.39 is 12.2 Å². The number of hydrogen-bond acceptors (Lipinski definition) is 2. The molecule has 2 atom stereocenters. The minimum Gasteiger partial charge on any atom is -0.393 e. The van der Waals surface area contributed by atoms with Crippen molar-refractivity contribution in [3.05, 3.63) is 48.0 Å². The fraction of sp³-hybridized carbons (Fsp3) is 0.429. The standard InChI is InChI=1S/C14H20O2/c1-11(12(2)15)10-14(16)9-8-13-6-4-3-5-7-13/h3-7,12,14-16H,1,8-10H2,2H3/t12-,14-/m1/s1. The van der Waals surface area contributed by atoms with Crippen LogP contribution in [0.5, 0.6) is 0 Å². The molecule has 0 radical (unpaired) electrons. The van der Waals surface area contributed by atoms with E-state index in [1.165, 1.54) is 5.56 Å². The minimum atomic E-state index is -0.536. The summed E-state index contributed by atoms with van der Waals surface area (Å²) in [6.07, 6.45) is 1.09. The fourth-order valence-electron chi connectivity index (χ4n) is 1.55. The molecule has 0 saturated carbocycles. The van der Waals surface area contributed by atoms with Crippen LogP contribution in [0.15, 0.2) is 42.5 Å². The Bertz CT molecular complexity index is 317. The topological polar surface area (TPSA) is 40.5 Å². The molecule has 0 fully saturated rings. The summed E-state index contributed by atoms with van der Waals surface area (Å²) in [6, 6.07) is 10.1. The highest BCUT2D eigenvalue weighted by molar-refractivity contribution is 5.14. The van der Waals surface area contributed by atoms with E-state index in [0.717, 1.165) is 6.42 Å². The second kappa shape index (κ2) is 6.46. The summed E-state index contributed by atoms with van der Waals surface area (Å²) in [4.78, 5) is 0. The second-order valence-corrected chi connectivity index (χ2v) is 4.22. The van der Waals surface area contributed by atoms with Crippen LogP contribution in [0, 0.1) is 0 Å². The average Bonchev–Trinajstić information content (AvgIpc) is 2.27. The molecule has 0 amide bonds. The molecular weight excluding hydrogens is 200 g/mol. The summed E-state index contributed by atoms with van der Waals surface area (Å²) in [5.74, 6) is 0. The largest absolute Gasteiger partial charge is 0.393 e. The third kappa shape index (κ3) is 4.60. The Labute approximate surface area is 97.2 Å². The van der Waals surface area contributed by atoms with Crippen LogP contribution in [0.4, 0.5) is 0 Å². The van der Waals surface area contributed by atoms with Gasteiger partial charge in [-0.15, -0.1) is 0 Å². The number of benzene rings is 1. The van der Waals surface area contributed by atoms with E-state index in [4.69, 9.17) is 0 Å². The zero-order valence-corrected chi connectivity index (χ0v) is 9.76. The molecular formula is C14H20O2. The van der Waals surface area contributed by atoms with Crippen molar-refractivity contribution in [2.45, 2.75) is 38.4 Å². The third-order valence-corrected chi connectivity index (χ3v) is 2.70. The Kier molecular flexibility index (Phi) is 5.23. The summed E-state index contributed by atoms with van der Waals surface area (Å²) >= 11 is 0. The molecule has 0 aliphatic heterocycles. The lowest BCUT2D eigenvalue weighted by molar-refractivity contribution is 0.149. The highest BCUT2D eigenvalue weighted by atomic mass is 16.3. The number of aryl methyl sites for hydroxylation is 1. The lowest BCUT2D eigenvalue weighted by atomic mass is 10.00. The summed E-state index contributed by atoms with van der Waals surface area (Å²) in [5, 5.41) is 19.0. The third-order valence-electron chi connectivity index (χ3n) is 2.70. The Morgan fingerprint density at radius 3 is 2.44 bits per heavy atom. The van der Waals surface area contributed by atoms with Crippen molar-refractivity contribution in [3.8, 4) is 0 Å². The molecule has 0 aliphatic rings. The molecule has 0 heterocycles. The van der Waals surface area contributed by atoms with Crippen molar-refractivity contribution in [3.63, 3.8) is 0 Å². The van der Waals surface area contributed by atoms with Gasteiger partial charge in [-0.1, -0.05) is 36.9 Å². The van der Waals surface area contributed by atoms with Gasteiger partial charge in [0.15, 0.2) is 0 Å². The first kappa shape index (κ1) is 12.9. The highest BCUT2D eigenvalue weighted by Gasteiger charge is 2.09. The van der Waals surface area contributed by atoms with Gasteiger partial charge in [-0.05, 0) is 37.3 Å². The molecule has 2 N–H and O–H groups in total. The molecule has 1 rings (SSSR count). The van der Waals surface area contributed by atoms with E-state index in [1.54, 1.807) is 6.92 Å². The molecule has 2 heteroatoms. The number of aliphatic hydroxyl groups excluding tert-OH is 2. The van der Waals surface area contributed by atoms with Gasteiger partial charge in [-0.2, -0.15) is 0 Å². The first-order chi connectivity index (χ1) is 7.59. The van der Waals surface area contributed by atoms with Crippen LogP contribution in [0.2, 0.25) is 0 Å². The highest BCUT2D eigenvalue weighted by Crippen LogP contribution is 2.13. The maximum Gasteiger partial charge on any atom is 0.0720 e. The Morgan fingerprint density at radius 1 is 1.25 bits per heavy atom. The summed E-state index contributed by atoms with van der Waals surface area (Å²) in [6.45, 7) is 5.41. The molecule has 2 nitrogen and oxygen atoms in total. The molecule has 0 spiro atoms. The van der Waals surface area contributed by atoms with Crippen LogP contribution < -0.4 is 0 Å². The zero-order chi connectivity index (χ0) is 12.0. The number of hydrogen-bond donors (Lipinski definition) is 2. The molecule has 0 aromatic heterocycles. The molecule has 16 heavy (non-hydrogen) atoms. The van der Waals surface area contributed by atoms with Crippen molar-refractivity contribution in [1.82, 2.24) is 0 Å². The van der Waals surface area contributed by atoms with Gasteiger partial charge in [-0.3, -0.25) is 0 Å². The van der Waals surface area contributed by atoms with E-state index in [0.29, 0.717) is 18.4 Å². The molecule has 88 valence electrons. The van der Waals surface area contributed by atoms with E-state index >= 15 is 0 Å². The maximum absolute atomic E-state index is 9.76. The van der Waals surface area contributed by atoms with Crippen molar-refractivity contribution in [2.75, 3.05) is 0 Å². The summed E-state index contributed by atoms with van der Waals surface area (Å²) in [7, 11) is 0. The van der Waals surface area contributed by atoms with Gasteiger partial charge in [0, 0.05) is 0 Å². The van der Waals surface area contributed by atoms with Gasteiger partial charge in [-0.25, -0.2) is 0 Å². The number of aliphatic hydroxyl groups is 2. The Balaban J connectivity index is 2.30. The Hall–Kier alpha value is -1.12.